The number of amides is 1. The number of anilines is 1. The minimum Gasteiger partial charge on any atom is -0.479 e. The maximum absolute atomic E-state index is 13.5. The number of carbonyl (C=O) groups excluding carboxylic acids is 1. The van der Waals surface area contributed by atoms with Crippen LogP contribution < -0.4 is 10.1 Å². The molecule has 3 nitrogen and oxygen atoms in total. The molecular formula is C16H14Cl2FNO2. The molecule has 2 aromatic rings. The monoisotopic (exact) mass is 341 g/mol. The second-order valence-electron chi connectivity index (χ2n) is 4.79. The van der Waals surface area contributed by atoms with E-state index in [1.54, 1.807) is 38.1 Å². The van der Waals surface area contributed by atoms with Gasteiger partial charge in [0.05, 0.1) is 5.02 Å². The van der Waals surface area contributed by atoms with E-state index in [4.69, 9.17) is 27.9 Å². The van der Waals surface area contributed by atoms with E-state index in [2.05, 4.69) is 5.32 Å². The third kappa shape index (κ3) is 4.12. The van der Waals surface area contributed by atoms with Gasteiger partial charge in [-0.3, -0.25) is 4.79 Å². The second kappa shape index (κ2) is 6.99. The fourth-order valence-corrected chi connectivity index (χ4v) is 2.18. The van der Waals surface area contributed by atoms with E-state index in [1.807, 2.05) is 0 Å². The Morgan fingerprint density at radius 1 is 1.23 bits per heavy atom. The van der Waals surface area contributed by atoms with Crippen molar-refractivity contribution in [2.24, 2.45) is 0 Å². The highest BCUT2D eigenvalue weighted by atomic mass is 35.5. The number of aryl methyl sites for hydroxylation is 1. The molecule has 1 N–H and O–H groups in total. The lowest BCUT2D eigenvalue weighted by molar-refractivity contribution is -0.122. The van der Waals surface area contributed by atoms with Gasteiger partial charge in [0.25, 0.3) is 5.91 Å². The number of nitrogens with one attached hydrogen (secondary N) is 1. The molecule has 22 heavy (non-hydrogen) atoms. The summed E-state index contributed by atoms with van der Waals surface area (Å²) in [6, 6.07) is 9.20. The van der Waals surface area contributed by atoms with Crippen LogP contribution in [0.2, 0.25) is 10.0 Å². The highest BCUT2D eigenvalue weighted by molar-refractivity contribution is 6.35. The first kappa shape index (κ1) is 16.6. The van der Waals surface area contributed by atoms with Crippen LogP contribution in [0.15, 0.2) is 36.4 Å². The van der Waals surface area contributed by atoms with E-state index in [0.717, 1.165) is 0 Å². The standard InChI is InChI=1S/C16H14Cl2FNO2/c1-9-3-5-12(8-14(9)19)20-16(21)10(2)22-15-6-4-11(17)7-13(15)18/h3-8,10H,1-2H3,(H,20,21). The van der Waals surface area contributed by atoms with Crippen LogP contribution in [0.5, 0.6) is 5.75 Å². The molecule has 0 aromatic heterocycles. The molecule has 1 unspecified atom stereocenters. The summed E-state index contributed by atoms with van der Waals surface area (Å²) in [6.45, 7) is 3.22. The van der Waals surface area contributed by atoms with Gasteiger partial charge in [0.1, 0.15) is 11.6 Å². The number of hydrogen-bond acceptors (Lipinski definition) is 2. The number of hydrogen-bond donors (Lipinski definition) is 1. The fraction of sp³-hybridized carbons (Fsp3) is 0.188. The molecule has 0 radical (unpaired) electrons. The largest absolute Gasteiger partial charge is 0.479 e. The molecule has 0 aliphatic rings. The third-order valence-corrected chi connectivity index (χ3v) is 3.54. The molecule has 0 bridgehead atoms. The lowest BCUT2D eigenvalue weighted by Gasteiger charge is -2.16. The van der Waals surface area contributed by atoms with Gasteiger partial charge in [-0.05, 0) is 49.7 Å². The molecular weight excluding hydrogens is 328 g/mol. The summed E-state index contributed by atoms with van der Waals surface area (Å²) in [6.07, 6.45) is -0.803. The molecule has 2 rings (SSSR count). The summed E-state index contributed by atoms with van der Waals surface area (Å²) in [5.41, 5.74) is 0.876. The van der Waals surface area contributed by atoms with Crippen molar-refractivity contribution in [1.82, 2.24) is 0 Å². The van der Waals surface area contributed by atoms with Crippen molar-refractivity contribution in [1.29, 1.82) is 0 Å². The van der Waals surface area contributed by atoms with Gasteiger partial charge >= 0.3 is 0 Å². The van der Waals surface area contributed by atoms with Crippen LogP contribution in [0.1, 0.15) is 12.5 Å². The Hall–Kier alpha value is -1.78. The zero-order chi connectivity index (χ0) is 16.3. The Morgan fingerprint density at radius 3 is 2.59 bits per heavy atom. The summed E-state index contributed by atoms with van der Waals surface area (Å²) in [7, 11) is 0. The first-order valence-corrected chi connectivity index (χ1v) is 7.31. The Labute approximate surface area is 138 Å². The molecule has 116 valence electrons. The zero-order valence-corrected chi connectivity index (χ0v) is 13.5. The highest BCUT2D eigenvalue weighted by Gasteiger charge is 2.17. The van der Waals surface area contributed by atoms with Crippen LogP contribution in [0.3, 0.4) is 0 Å². The van der Waals surface area contributed by atoms with Gasteiger partial charge in [0, 0.05) is 10.7 Å². The topological polar surface area (TPSA) is 38.3 Å². The molecule has 0 aliphatic heterocycles. The van der Waals surface area contributed by atoms with Gasteiger partial charge in [-0.15, -0.1) is 0 Å². The minimum absolute atomic E-state index is 0.313. The summed E-state index contributed by atoms with van der Waals surface area (Å²) in [5, 5.41) is 3.38. The van der Waals surface area contributed by atoms with Crippen LogP contribution >= 0.6 is 23.2 Å². The van der Waals surface area contributed by atoms with Crippen molar-refractivity contribution >= 4 is 34.8 Å². The van der Waals surface area contributed by atoms with Crippen molar-refractivity contribution in [3.8, 4) is 5.75 Å². The molecule has 6 heteroatoms. The summed E-state index contributed by atoms with van der Waals surface area (Å²) < 4.78 is 18.9. The molecule has 0 saturated heterocycles. The van der Waals surface area contributed by atoms with Crippen LogP contribution in [-0.4, -0.2) is 12.0 Å². The van der Waals surface area contributed by atoms with Gasteiger partial charge in [0.2, 0.25) is 0 Å². The Balaban J connectivity index is 2.04. The molecule has 0 aliphatic carbocycles. The first-order valence-electron chi connectivity index (χ1n) is 6.55. The zero-order valence-electron chi connectivity index (χ0n) is 12.0. The number of halogens is 3. The minimum atomic E-state index is -0.803. The maximum atomic E-state index is 13.5. The Kier molecular flexibility index (Phi) is 5.27. The highest BCUT2D eigenvalue weighted by Crippen LogP contribution is 2.28. The molecule has 0 fully saturated rings. The Bertz CT molecular complexity index is 707. The SMILES string of the molecule is Cc1ccc(NC(=O)C(C)Oc2ccc(Cl)cc2Cl)cc1F. The van der Waals surface area contributed by atoms with Crippen molar-refractivity contribution in [3.05, 3.63) is 57.8 Å². The van der Waals surface area contributed by atoms with Crippen molar-refractivity contribution in [3.63, 3.8) is 0 Å². The predicted octanol–water partition coefficient (Wildman–Crippen LogP) is 4.85. The molecule has 2 aromatic carbocycles. The lowest BCUT2D eigenvalue weighted by atomic mass is 10.2. The summed E-state index contributed by atoms with van der Waals surface area (Å²) >= 11 is 11.8. The normalized spacial score (nSPS) is 11.9. The lowest BCUT2D eigenvalue weighted by Crippen LogP contribution is -2.30. The van der Waals surface area contributed by atoms with Crippen LogP contribution in [-0.2, 0) is 4.79 Å². The number of carbonyl (C=O) groups is 1. The molecule has 0 saturated carbocycles. The number of ether oxygens (including phenoxy) is 1. The van der Waals surface area contributed by atoms with Crippen LogP contribution in [0.4, 0.5) is 10.1 Å². The molecule has 0 spiro atoms. The van der Waals surface area contributed by atoms with Crippen LogP contribution in [0.25, 0.3) is 0 Å². The average molecular weight is 342 g/mol. The third-order valence-electron chi connectivity index (χ3n) is 3.01. The molecule has 0 heterocycles. The van der Waals surface area contributed by atoms with Crippen LogP contribution in [0, 0.1) is 12.7 Å². The number of benzene rings is 2. The summed E-state index contributed by atoms with van der Waals surface area (Å²) in [4.78, 5) is 12.1. The first-order chi connectivity index (χ1) is 10.4. The van der Waals surface area contributed by atoms with Crippen molar-refractivity contribution < 1.29 is 13.9 Å². The molecule has 1 atom stereocenters. The van der Waals surface area contributed by atoms with Crippen molar-refractivity contribution in [2.75, 3.05) is 5.32 Å². The van der Waals surface area contributed by atoms with E-state index >= 15 is 0 Å². The van der Waals surface area contributed by atoms with Gasteiger partial charge in [-0.2, -0.15) is 0 Å². The van der Waals surface area contributed by atoms with Gasteiger partial charge in [-0.25, -0.2) is 4.39 Å². The number of rotatable bonds is 4. The van der Waals surface area contributed by atoms with Gasteiger partial charge < -0.3 is 10.1 Å². The van der Waals surface area contributed by atoms with E-state index in [9.17, 15) is 9.18 Å². The maximum Gasteiger partial charge on any atom is 0.265 e. The summed E-state index contributed by atoms with van der Waals surface area (Å²) in [5.74, 6) is -0.440. The van der Waals surface area contributed by atoms with Gasteiger partial charge in [0.15, 0.2) is 6.10 Å². The molecule has 1 amide bonds. The average Bonchev–Trinajstić information content (AvgIpc) is 2.45. The smallest absolute Gasteiger partial charge is 0.265 e. The van der Waals surface area contributed by atoms with E-state index in [0.29, 0.717) is 27.0 Å². The Morgan fingerprint density at radius 2 is 1.95 bits per heavy atom. The van der Waals surface area contributed by atoms with E-state index < -0.39 is 12.0 Å². The van der Waals surface area contributed by atoms with Gasteiger partial charge in [-0.1, -0.05) is 29.3 Å². The fourth-order valence-electron chi connectivity index (χ4n) is 1.73. The second-order valence-corrected chi connectivity index (χ2v) is 5.63. The van der Waals surface area contributed by atoms with E-state index in [-0.39, 0.29) is 5.82 Å². The van der Waals surface area contributed by atoms with Crippen molar-refractivity contribution in [2.45, 2.75) is 20.0 Å². The quantitative estimate of drug-likeness (QED) is 0.863. The van der Waals surface area contributed by atoms with E-state index in [1.165, 1.54) is 12.1 Å². The predicted molar refractivity (Wildman–Crippen MR) is 86.3 cm³/mol.